The van der Waals surface area contributed by atoms with Gasteiger partial charge in [-0.15, -0.1) is 0 Å². The quantitative estimate of drug-likeness (QED) is 0.828. The van der Waals surface area contributed by atoms with Crippen molar-refractivity contribution in [3.63, 3.8) is 0 Å². The molecule has 6 heteroatoms. The summed E-state index contributed by atoms with van der Waals surface area (Å²) in [6.07, 6.45) is 13.6. The smallest absolute Gasteiger partial charge is 0.254 e. The van der Waals surface area contributed by atoms with Crippen molar-refractivity contribution in [2.45, 2.75) is 63.5 Å². The average molecular weight is 343 g/mol. The monoisotopic (exact) mass is 343 g/mol. The molecular weight excluding hydrogens is 314 g/mol. The molecular formula is C19H29N5O. The van der Waals surface area contributed by atoms with Crippen LogP contribution in [0.25, 0.3) is 0 Å². The second kappa shape index (κ2) is 7.68. The summed E-state index contributed by atoms with van der Waals surface area (Å²) in [6.45, 7) is 2.89. The number of rotatable bonds is 6. The van der Waals surface area contributed by atoms with Gasteiger partial charge in [-0.3, -0.25) is 4.79 Å². The second-order valence-corrected chi connectivity index (χ2v) is 7.82. The fourth-order valence-corrected chi connectivity index (χ4v) is 4.06. The molecule has 2 heterocycles. The fourth-order valence-electron chi connectivity index (χ4n) is 4.06. The predicted molar refractivity (Wildman–Crippen MR) is 97.7 cm³/mol. The van der Waals surface area contributed by atoms with Crippen LogP contribution in [0.4, 0.5) is 5.95 Å². The number of nitrogens with zero attached hydrogens (tertiary/aromatic N) is 3. The number of aromatic nitrogens is 2. The highest BCUT2D eigenvalue weighted by atomic mass is 16.1. The van der Waals surface area contributed by atoms with E-state index in [1.807, 2.05) is 0 Å². The summed E-state index contributed by atoms with van der Waals surface area (Å²) in [4.78, 5) is 23.8. The van der Waals surface area contributed by atoms with Crippen molar-refractivity contribution in [1.82, 2.24) is 20.6 Å². The lowest BCUT2D eigenvalue weighted by atomic mass is 9.89. The third-order valence-electron chi connectivity index (χ3n) is 5.72. The molecule has 3 aliphatic rings. The van der Waals surface area contributed by atoms with Crippen molar-refractivity contribution in [2.75, 3.05) is 24.5 Å². The van der Waals surface area contributed by atoms with Crippen LogP contribution in [0.15, 0.2) is 12.4 Å². The SMILES string of the molecule is O=C(NC1CCNC1)c1cnc(N(CC2CCCCC2)C2CC2)nc1. The maximum absolute atomic E-state index is 12.3. The lowest BCUT2D eigenvalue weighted by molar-refractivity contribution is 0.0939. The van der Waals surface area contributed by atoms with E-state index in [2.05, 4.69) is 25.5 Å². The molecule has 136 valence electrons. The van der Waals surface area contributed by atoms with Gasteiger partial charge in [-0.05, 0) is 44.6 Å². The highest BCUT2D eigenvalue weighted by Gasteiger charge is 2.32. The Morgan fingerprint density at radius 3 is 2.52 bits per heavy atom. The third-order valence-corrected chi connectivity index (χ3v) is 5.72. The first kappa shape index (κ1) is 16.8. The van der Waals surface area contributed by atoms with Crippen LogP contribution in [0.5, 0.6) is 0 Å². The summed E-state index contributed by atoms with van der Waals surface area (Å²) in [5, 5.41) is 6.31. The van der Waals surface area contributed by atoms with Crippen molar-refractivity contribution in [3.05, 3.63) is 18.0 Å². The van der Waals surface area contributed by atoms with Crippen molar-refractivity contribution in [3.8, 4) is 0 Å². The molecule has 4 rings (SSSR count). The van der Waals surface area contributed by atoms with Gasteiger partial charge in [0.05, 0.1) is 5.56 Å². The van der Waals surface area contributed by atoms with Crippen molar-refractivity contribution < 1.29 is 4.79 Å². The van der Waals surface area contributed by atoms with Crippen LogP contribution in [0.2, 0.25) is 0 Å². The number of carbonyl (C=O) groups is 1. The third kappa shape index (κ3) is 4.29. The summed E-state index contributed by atoms with van der Waals surface area (Å²) in [7, 11) is 0. The van der Waals surface area contributed by atoms with Gasteiger partial charge in [0.2, 0.25) is 5.95 Å². The van der Waals surface area contributed by atoms with E-state index in [-0.39, 0.29) is 11.9 Å². The molecule has 1 unspecified atom stereocenters. The maximum Gasteiger partial charge on any atom is 0.254 e. The highest BCUT2D eigenvalue weighted by Crippen LogP contribution is 2.33. The van der Waals surface area contributed by atoms with Gasteiger partial charge in [-0.1, -0.05) is 19.3 Å². The van der Waals surface area contributed by atoms with Gasteiger partial charge in [0, 0.05) is 37.6 Å². The Bertz CT molecular complexity index is 574. The van der Waals surface area contributed by atoms with Gasteiger partial charge in [0.15, 0.2) is 0 Å². The molecule has 3 fully saturated rings. The summed E-state index contributed by atoms with van der Waals surface area (Å²) < 4.78 is 0. The molecule has 1 amide bonds. The molecule has 0 bridgehead atoms. The number of carbonyl (C=O) groups excluding carboxylic acids is 1. The van der Waals surface area contributed by atoms with E-state index in [9.17, 15) is 4.79 Å². The molecule has 0 radical (unpaired) electrons. The number of anilines is 1. The average Bonchev–Trinajstić information content (AvgIpc) is 3.37. The molecule has 1 saturated heterocycles. The standard InChI is InChI=1S/C19H29N5O/c25-18(23-16-8-9-20-12-16)15-10-21-19(22-11-15)24(17-6-7-17)13-14-4-2-1-3-5-14/h10-11,14,16-17,20H,1-9,12-13H2,(H,23,25). The lowest BCUT2D eigenvalue weighted by Gasteiger charge is -2.30. The largest absolute Gasteiger partial charge is 0.348 e. The Hall–Kier alpha value is -1.69. The molecule has 2 N–H and O–H groups in total. The van der Waals surface area contributed by atoms with Gasteiger partial charge >= 0.3 is 0 Å². The molecule has 0 aromatic carbocycles. The van der Waals surface area contributed by atoms with Gasteiger partial charge < -0.3 is 15.5 Å². The van der Waals surface area contributed by atoms with Gasteiger partial charge in [0.25, 0.3) is 5.91 Å². The summed E-state index contributed by atoms with van der Waals surface area (Å²) >= 11 is 0. The Morgan fingerprint density at radius 1 is 1.12 bits per heavy atom. The molecule has 1 aromatic heterocycles. The van der Waals surface area contributed by atoms with Crippen molar-refractivity contribution in [1.29, 1.82) is 0 Å². The molecule has 1 aromatic rings. The van der Waals surface area contributed by atoms with E-state index in [0.717, 1.165) is 37.9 Å². The molecule has 6 nitrogen and oxygen atoms in total. The molecule has 1 atom stereocenters. The molecule has 2 aliphatic carbocycles. The van der Waals surface area contributed by atoms with E-state index in [0.29, 0.717) is 11.6 Å². The second-order valence-electron chi connectivity index (χ2n) is 7.82. The summed E-state index contributed by atoms with van der Waals surface area (Å²) in [5.41, 5.74) is 0.559. The number of hydrogen-bond acceptors (Lipinski definition) is 5. The summed E-state index contributed by atoms with van der Waals surface area (Å²) in [5.74, 6) is 1.51. The lowest BCUT2D eigenvalue weighted by Crippen LogP contribution is -2.36. The molecule has 25 heavy (non-hydrogen) atoms. The van der Waals surface area contributed by atoms with Crippen LogP contribution in [0.3, 0.4) is 0 Å². The normalized spacial score (nSPS) is 24.2. The minimum atomic E-state index is -0.0643. The Kier molecular flexibility index (Phi) is 5.15. The Labute approximate surface area is 149 Å². The highest BCUT2D eigenvalue weighted by molar-refractivity contribution is 5.93. The van der Waals surface area contributed by atoms with Gasteiger partial charge in [-0.2, -0.15) is 0 Å². The Morgan fingerprint density at radius 2 is 1.88 bits per heavy atom. The predicted octanol–water partition coefficient (Wildman–Crippen LogP) is 2.12. The molecule has 2 saturated carbocycles. The molecule has 1 aliphatic heterocycles. The first-order chi connectivity index (χ1) is 12.3. The maximum atomic E-state index is 12.3. The number of amides is 1. The van der Waals surface area contributed by atoms with Crippen molar-refractivity contribution in [2.24, 2.45) is 5.92 Å². The van der Waals surface area contributed by atoms with E-state index in [1.54, 1.807) is 12.4 Å². The van der Waals surface area contributed by atoms with E-state index < -0.39 is 0 Å². The van der Waals surface area contributed by atoms with Crippen LogP contribution in [0.1, 0.15) is 61.7 Å². The van der Waals surface area contributed by atoms with E-state index in [4.69, 9.17) is 0 Å². The summed E-state index contributed by atoms with van der Waals surface area (Å²) in [6, 6.07) is 0.826. The van der Waals surface area contributed by atoms with Crippen LogP contribution in [-0.4, -0.2) is 47.6 Å². The zero-order valence-corrected chi connectivity index (χ0v) is 14.9. The fraction of sp³-hybridized carbons (Fsp3) is 0.737. The zero-order chi connectivity index (χ0) is 17.1. The van der Waals surface area contributed by atoms with Crippen LogP contribution in [-0.2, 0) is 0 Å². The van der Waals surface area contributed by atoms with Gasteiger partial charge in [-0.25, -0.2) is 9.97 Å². The minimum Gasteiger partial charge on any atom is -0.348 e. The first-order valence-electron chi connectivity index (χ1n) is 9.90. The van der Waals surface area contributed by atoms with E-state index in [1.165, 1.54) is 44.9 Å². The van der Waals surface area contributed by atoms with Crippen LogP contribution in [0, 0.1) is 5.92 Å². The first-order valence-corrected chi connectivity index (χ1v) is 9.90. The zero-order valence-electron chi connectivity index (χ0n) is 14.9. The van der Waals surface area contributed by atoms with E-state index >= 15 is 0 Å². The minimum absolute atomic E-state index is 0.0643. The number of hydrogen-bond donors (Lipinski definition) is 2. The van der Waals surface area contributed by atoms with Crippen LogP contribution < -0.4 is 15.5 Å². The van der Waals surface area contributed by atoms with Crippen LogP contribution >= 0.6 is 0 Å². The number of nitrogens with one attached hydrogen (secondary N) is 2. The molecule has 0 spiro atoms. The van der Waals surface area contributed by atoms with Gasteiger partial charge in [0.1, 0.15) is 0 Å². The van der Waals surface area contributed by atoms with Crippen molar-refractivity contribution >= 4 is 11.9 Å². The Balaban J connectivity index is 1.39. The topological polar surface area (TPSA) is 70.2 Å².